The molecule has 2 aromatic rings. The van der Waals surface area contributed by atoms with E-state index < -0.39 is 0 Å². The molecule has 2 aromatic carbocycles. The summed E-state index contributed by atoms with van der Waals surface area (Å²) in [5.74, 6) is -0.231. The molecule has 0 aliphatic rings. The number of phenolic OH excluding ortho intramolecular Hbond substituents is 1. The lowest BCUT2D eigenvalue weighted by Gasteiger charge is -2.19. The third-order valence-electron chi connectivity index (χ3n) is 2.71. The first-order chi connectivity index (χ1) is 9.00. The Morgan fingerprint density at radius 2 is 1.95 bits per heavy atom. The highest BCUT2D eigenvalue weighted by molar-refractivity contribution is 9.10. The Morgan fingerprint density at radius 1 is 1.26 bits per heavy atom. The summed E-state index contributed by atoms with van der Waals surface area (Å²) >= 11 is 9.35. The predicted molar refractivity (Wildman–Crippen MR) is 80.0 cm³/mol. The smallest absolute Gasteiger partial charge is 0.259 e. The molecule has 0 atom stereocenters. The van der Waals surface area contributed by atoms with Crippen molar-refractivity contribution < 1.29 is 9.90 Å². The van der Waals surface area contributed by atoms with Gasteiger partial charge in [0.25, 0.3) is 5.91 Å². The summed E-state index contributed by atoms with van der Waals surface area (Å²) in [4.78, 5) is 13.7. The van der Waals surface area contributed by atoms with E-state index >= 15 is 0 Å². The first-order valence-electron chi connectivity index (χ1n) is 5.52. The van der Waals surface area contributed by atoms with Crippen LogP contribution in [0.1, 0.15) is 10.4 Å². The van der Waals surface area contributed by atoms with Crippen LogP contribution in [0.2, 0.25) is 5.02 Å². The van der Waals surface area contributed by atoms with Gasteiger partial charge in [-0.05, 0) is 30.3 Å². The molecule has 0 unspecified atom stereocenters. The summed E-state index contributed by atoms with van der Waals surface area (Å²) in [6, 6.07) is 11.7. The zero-order chi connectivity index (χ0) is 14.0. The van der Waals surface area contributed by atoms with Crippen LogP contribution in [0, 0.1) is 0 Å². The van der Waals surface area contributed by atoms with Crippen molar-refractivity contribution in [3.8, 4) is 5.75 Å². The number of rotatable bonds is 2. The van der Waals surface area contributed by atoms with Gasteiger partial charge < -0.3 is 10.0 Å². The first-order valence-corrected chi connectivity index (χ1v) is 6.69. The van der Waals surface area contributed by atoms with Crippen LogP contribution in [0.5, 0.6) is 5.75 Å². The van der Waals surface area contributed by atoms with Crippen LogP contribution in [0.3, 0.4) is 0 Å². The fourth-order valence-corrected chi connectivity index (χ4v) is 2.46. The maximum atomic E-state index is 12.3. The number of carbonyl (C=O) groups is 1. The second-order valence-corrected chi connectivity index (χ2v) is 5.30. The molecule has 0 spiro atoms. The number of aromatic hydroxyl groups is 1. The second-order valence-electron chi connectivity index (χ2n) is 3.98. The maximum Gasteiger partial charge on any atom is 0.259 e. The Kier molecular flexibility index (Phi) is 4.12. The molecule has 1 N–H and O–H groups in total. The largest absolute Gasteiger partial charge is 0.506 e. The van der Waals surface area contributed by atoms with E-state index in [-0.39, 0.29) is 11.7 Å². The van der Waals surface area contributed by atoms with E-state index in [0.717, 1.165) is 4.47 Å². The van der Waals surface area contributed by atoms with E-state index in [4.69, 9.17) is 11.6 Å². The molecule has 0 aromatic heterocycles. The van der Waals surface area contributed by atoms with Gasteiger partial charge in [-0.25, -0.2) is 0 Å². The number of benzene rings is 2. The number of hydrogen-bond acceptors (Lipinski definition) is 2. The second kappa shape index (κ2) is 5.63. The molecule has 98 valence electrons. The molecular weight excluding hydrogens is 330 g/mol. The summed E-state index contributed by atoms with van der Waals surface area (Å²) in [5.41, 5.74) is 0.821. The number of nitrogens with zero attached hydrogens (tertiary/aromatic N) is 1. The topological polar surface area (TPSA) is 40.5 Å². The fourth-order valence-electron chi connectivity index (χ4n) is 1.70. The van der Waals surface area contributed by atoms with Gasteiger partial charge in [0.05, 0.1) is 16.3 Å². The number of phenols is 1. The first kappa shape index (κ1) is 13.9. The van der Waals surface area contributed by atoms with E-state index in [1.54, 1.807) is 43.4 Å². The van der Waals surface area contributed by atoms with Gasteiger partial charge in [-0.2, -0.15) is 0 Å². The molecule has 0 saturated heterocycles. The van der Waals surface area contributed by atoms with E-state index in [0.29, 0.717) is 16.3 Å². The van der Waals surface area contributed by atoms with E-state index in [9.17, 15) is 9.90 Å². The molecule has 0 aliphatic carbocycles. The van der Waals surface area contributed by atoms with Crippen LogP contribution < -0.4 is 4.90 Å². The van der Waals surface area contributed by atoms with E-state index in [1.165, 1.54) is 11.0 Å². The van der Waals surface area contributed by atoms with Crippen molar-refractivity contribution in [2.75, 3.05) is 11.9 Å². The number of para-hydroxylation sites is 2. The molecule has 0 fully saturated rings. The highest BCUT2D eigenvalue weighted by Gasteiger charge is 2.18. The Morgan fingerprint density at radius 3 is 2.58 bits per heavy atom. The number of hydrogen-bond donors (Lipinski definition) is 1. The van der Waals surface area contributed by atoms with Crippen LogP contribution >= 0.6 is 27.5 Å². The molecule has 0 aliphatic heterocycles. The van der Waals surface area contributed by atoms with Crippen molar-refractivity contribution in [3.63, 3.8) is 0 Å². The van der Waals surface area contributed by atoms with Gasteiger partial charge in [-0.3, -0.25) is 4.79 Å². The fraction of sp³-hybridized carbons (Fsp3) is 0.0714. The maximum absolute atomic E-state index is 12.3. The Bertz CT molecular complexity index is 631. The average molecular weight is 341 g/mol. The summed E-state index contributed by atoms with van der Waals surface area (Å²) in [5, 5.41) is 10.1. The predicted octanol–water partition coefficient (Wildman–Crippen LogP) is 4.08. The minimum Gasteiger partial charge on any atom is -0.506 e. The minimum atomic E-state index is -0.279. The molecule has 19 heavy (non-hydrogen) atoms. The van der Waals surface area contributed by atoms with Crippen molar-refractivity contribution >= 4 is 39.1 Å². The minimum absolute atomic E-state index is 0.0478. The summed E-state index contributed by atoms with van der Waals surface area (Å²) in [7, 11) is 1.59. The highest BCUT2D eigenvalue weighted by atomic mass is 79.9. The van der Waals surface area contributed by atoms with Gasteiger partial charge in [0.15, 0.2) is 0 Å². The van der Waals surface area contributed by atoms with Crippen LogP contribution in [-0.2, 0) is 0 Å². The van der Waals surface area contributed by atoms with Crippen LogP contribution in [-0.4, -0.2) is 18.1 Å². The number of halogens is 2. The van der Waals surface area contributed by atoms with Crippen molar-refractivity contribution in [1.29, 1.82) is 0 Å². The van der Waals surface area contributed by atoms with Gasteiger partial charge in [-0.1, -0.05) is 39.7 Å². The molecule has 3 nitrogen and oxygen atoms in total. The average Bonchev–Trinajstić information content (AvgIpc) is 2.38. The molecule has 5 heteroatoms. The molecular formula is C14H11BrClNO2. The van der Waals surface area contributed by atoms with Gasteiger partial charge in [0, 0.05) is 11.5 Å². The van der Waals surface area contributed by atoms with E-state index in [1.807, 2.05) is 0 Å². The van der Waals surface area contributed by atoms with Gasteiger partial charge in [0.1, 0.15) is 5.75 Å². The van der Waals surface area contributed by atoms with Gasteiger partial charge in [0.2, 0.25) is 0 Å². The highest BCUT2D eigenvalue weighted by Crippen LogP contribution is 2.28. The molecule has 0 radical (unpaired) electrons. The third kappa shape index (κ3) is 2.91. The lowest BCUT2D eigenvalue weighted by Crippen LogP contribution is -2.26. The number of amides is 1. The summed E-state index contributed by atoms with van der Waals surface area (Å²) < 4.78 is 0.805. The molecule has 1 amide bonds. The van der Waals surface area contributed by atoms with E-state index in [2.05, 4.69) is 15.9 Å². The normalized spacial score (nSPS) is 10.3. The van der Waals surface area contributed by atoms with Crippen LogP contribution in [0.15, 0.2) is 46.9 Å². The summed E-state index contributed by atoms with van der Waals surface area (Å²) in [6.45, 7) is 0. The SMILES string of the molecule is CN(C(=O)c1ccc(Br)cc1Cl)c1ccccc1O. The Labute approximate surface area is 124 Å². The zero-order valence-corrected chi connectivity index (χ0v) is 12.4. The quantitative estimate of drug-likeness (QED) is 0.894. The molecule has 2 rings (SSSR count). The molecule has 0 saturated carbocycles. The van der Waals surface area contributed by atoms with Gasteiger partial charge in [-0.15, -0.1) is 0 Å². The number of carbonyl (C=O) groups excluding carboxylic acids is 1. The lowest BCUT2D eigenvalue weighted by atomic mass is 10.2. The van der Waals surface area contributed by atoms with Gasteiger partial charge >= 0.3 is 0 Å². The van der Waals surface area contributed by atoms with Crippen molar-refractivity contribution in [2.24, 2.45) is 0 Å². The van der Waals surface area contributed by atoms with Crippen LogP contribution in [0.25, 0.3) is 0 Å². The van der Waals surface area contributed by atoms with Crippen molar-refractivity contribution in [2.45, 2.75) is 0 Å². The molecule has 0 bridgehead atoms. The van der Waals surface area contributed by atoms with Crippen molar-refractivity contribution in [3.05, 3.63) is 57.5 Å². The Hall–Kier alpha value is -1.52. The Balaban J connectivity index is 2.37. The van der Waals surface area contributed by atoms with Crippen LogP contribution in [0.4, 0.5) is 5.69 Å². The number of anilines is 1. The third-order valence-corrected chi connectivity index (χ3v) is 3.52. The zero-order valence-electron chi connectivity index (χ0n) is 10.1. The molecule has 0 heterocycles. The lowest BCUT2D eigenvalue weighted by molar-refractivity contribution is 0.0992. The van der Waals surface area contributed by atoms with Crippen molar-refractivity contribution in [1.82, 2.24) is 0 Å². The standard InChI is InChI=1S/C14H11BrClNO2/c1-17(12-4-2-3-5-13(12)18)14(19)10-7-6-9(15)8-11(10)16/h2-8,18H,1H3. The monoisotopic (exact) mass is 339 g/mol. The summed E-state index contributed by atoms with van der Waals surface area (Å²) in [6.07, 6.45) is 0.